The number of nitrogens with one attached hydrogen (secondary N) is 2. The number of furan rings is 1. The number of aliphatic imine (C=N–C) groups is 1. The summed E-state index contributed by atoms with van der Waals surface area (Å²) in [7, 11) is 0. The molecule has 0 bridgehead atoms. The molecule has 1 aromatic rings. The molecule has 1 aliphatic carbocycles. The summed E-state index contributed by atoms with van der Waals surface area (Å²) in [6.45, 7) is 9.94. The number of nitrogens with zero attached hydrogens (tertiary/aromatic N) is 2. The summed E-state index contributed by atoms with van der Waals surface area (Å²) >= 11 is 0. The van der Waals surface area contributed by atoms with Gasteiger partial charge >= 0.3 is 0 Å². The molecule has 0 saturated heterocycles. The van der Waals surface area contributed by atoms with Crippen LogP contribution in [-0.4, -0.2) is 54.7 Å². The van der Waals surface area contributed by atoms with Crippen LogP contribution in [0.25, 0.3) is 0 Å². The number of hydrogen-bond donors (Lipinski definition) is 3. The molecular formula is C17H31IN4O2. The molecule has 1 aliphatic rings. The predicted molar refractivity (Wildman–Crippen MR) is 108 cm³/mol. The number of aliphatic hydroxyl groups is 1. The van der Waals surface area contributed by atoms with Crippen LogP contribution in [0.15, 0.2) is 27.8 Å². The minimum Gasteiger partial charge on any atom is -0.466 e. The van der Waals surface area contributed by atoms with Gasteiger partial charge in [-0.2, -0.15) is 0 Å². The monoisotopic (exact) mass is 450 g/mol. The zero-order valence-corrected chi connectivity index (χ0v) is 17.2. The van der Waals surface area contributed by atoms with Gasteiger partial charge in [-0.1, -0.05) is 6.92 Å². The van der Waals surface area contributed by atoms with Crippen LogP contribution < -0.4 is 10.6 Å². The van der Waals surface area contributed by atoms with Crippen molar-refractivity contribution in [3.8, 4) is 0 Å². The minimum atomic E-state index is -1.10. The van der Waals surface area contributed by atoms with Gasteiger partial charge in [0.1, 0.15) is 11.4 Å². The first-order valence-electron chi connectivity index (χ1n) is 8.59. The van der Waals surface area contributed by atoms with Gasteiger partial charge in [-0.15, -0.1) is 24.0 Å². The molecule has 1 atom stereocenters. The van der Waals surface area contributed by atoms with E-state index in [1.54, 1.807) is 25.3 Å². The lowest BCUT2D eigenvalue weighted by atomic mass is 10.0. The molecule has 1 saturated carbocycles. The van der Waals surface area contributed by atoms with E-state index < -0.39 is 5.60 Å². The fourth-order valence-electron chi connectivity index (χ4n) is 2.59. The van der Waals surface area contributed by atoms with Crippen molar-refractivity contribution in [2.45, 2.75) is 45.3 Å². The Morgan fingerprint density at radius 3 is 2.71 bits per heavy atom. The molecule has 0 aromatic carbocycles. The van der Waals surface area contributed by atoms with Crippen LogP contribution in [0.4, 0.5) is 0 Å². The molecular weight excluding hydrogens is 419 g/mol. The van der Waals surface area contributed by atoms with Crippen molar-refractivity contribution in [1.29, 1.82) is 0 Å². The Labute approximate surface area is 162 Å². The van der Waals surface area contributed by atoms with Crippen LogP contribution in [-0.2, 0) is 5.60 Å². The quantitative estimate of drug-likeness (QED) is 0.306. The predicted octanol–water partition coefficient (Wildman–Crippen LogP) is 2.14. The molecule has 1 unspecified atom stereocenters. The fourth-order valence-corrected chi connectivity index (χ4v) is 2.59. The third kappa shape index (κ3) is 6.60. The highest BCUT2D eigenvalue weighted by atomic mass is 127. The lowest BCUT2D eigenvalue weighted by Gasteiger charge is -2.22. The van der Waals surface area contributed by atoms with E-state index in [4.69, 9.17) is 4.42 Å². The normalized spacial score (nSPS) is 17.3. The van der Waals surface area contributed by atoms with E-state index in [0.717, 1.165) is 38.2 Å². The van der Waals surface area contributed by atoms with Gasteiger partial charge in [0, 0.05) is 25.7 Å². The third-order valence-corrected chi connectivity index (χ3v) is 4.10. The molecule has 0 spiro atoms. The van der Waals surface area contributed by atoms with Crippen molar-refractivity contribution in [3.63, 3.8) is 0 Å². The second-order valence-corrected chi connectivity index (χ2v) is 6.23. The van der Waals surface area contributed by atoms with E-state index in [9.17, 15) is 5.11 Å². The Morgan fingerprint density at radius 2 is 2.17 bits per heavy atom. The molecule has 6 nitrogen and oxygen atoms in total. The van der Waals surface area contributed by atoms with Crippen molar-refractivity contribution < 1.29 is 9.52 Å². The molecule has 2 rings (SSSR count). The van der Waals surface area contributed by atoms with Gasteiger partial charge in [0.05, 0.1) is 12.8 Å². The first-order valence-corrected chi connectivity index (χ1v) is 8.59. The number of halogens is 1. The molecule has 0 amide bonds. The minimum absolute atomic E-state index is 0. The summed E-state index contributed by atoms with van der Waals surface area (Å²) in [4.78, 5) is 6.99. The van der Waals surface area contributed by atoms with Crippen molar-refractivity contribution in [1.82, 2.24) is 15.5 Å². The van der Waals surface area contributed by atoms with Crippen molar-refractivity contribution in [2.75, 3.05) is 32.7 Å². The standard InChI is InChI=1S/C17H30N4O2.HI/c1-4-18-16(19-10-11-21(5-2)14-8-9-14)20-13-17(3,22)15-7-6-12-23-15;/h6-7,12,14,22H,4-5,8-11,13H2,1-3H3,(H2,18,19,20);1H. The van der Waals surface area contributed by atoms with Gasteiger partial charge < -0.3 is 20.2 Å². The summed E-state index contributed by atoms with van der Waals surface area (Å²) in [5.41, 5.74) is -1.10. The van der Waals surface area contributed by atoms with Crippen molar-refractivity contribution >= 4 is 29.9 Å². The summed E-state index contributed by atoms with van der Waals surface area (Å²) in [6, 6.07) is 4.32. The number of rotatable bonds is 9. The van der Waals surface area contributed by atoms with E-state index in [0.29, 0.717) is 5.76 Å². The van der Waals surface area contributed by atoms with Crippen LogP contribution in [0.2, 0.25) is 0 Å². The molecule has 24 heavy (non-hydrogen) atoms. The summed E-state index contributed by atoms with van der Waals surface area (Å²) < 4.78 is 5.28. The Balaban J connectivity index is 0.00000288. The smallest absolute Gasteiger partial charge is 0.191 e. The molecule has 0 radical (unpaired) electrons. The summed E-state index contributed by atoms with van der Waals surface area (Å²) in [5.74, 6) is 1.26. The maximum Gasteiger partial charge on any atom is 0.191 e. The van der Waals surface area contributed by atoms with Gasteiger partial charge in [-0.05, 0) is 45.4 Å². The van der Waals surface area contributed by atoms with Crippen LogP contribution in [0.5, 0.6) is 0 Å². The van der Waals surface area contributed by atoms with E-state index >= 15 is 0 Å². The van der Waals surface area contributed by atoms with E-state index in [1.165, 1.54) is 12.8 Å². The summed E-state index contributed by atoms with van der Waals surface area (Å²) in [5, 5.41) is 17.0. The van der Waals surface area contributed by atoms with E-state index in [-0.39, 0.29) is 30.5 Å². The summed E-state index contributed by atoms with van der Waals surface area (Å²) in [6.07, 6.45) is 4.22. The zero-order valence-electron chi connectivity index (χ0n) is 14.9. The first kappa shape index (κ1) is 21.2. The van der Waals surface area contributed by atoms with E-state index in [1.807, 2.05) is 6.92 Å². The number of guanidine groups is 1. The van der Waals surface area contributed by atoms with Crippen LogP contribution in [0.1, 0.15) is 39.4 Å². The SMILES string of the molecule is CCNC(=NCC(C)(O)c1ccco1)NCCN(CC)C1CC1.I. The lowest BCUT2D eigenvalue weighted by molar-refractivity contribution is 0.0437. The maximum absolute atomic E-state index is 10.5. The molecule has 7 heteroatoms. The van der Waals surface area contributed by atoms with Gasteiger partial charge in [0.15, 0.2) is 5.96 Å². The maximum atomic E-state index is 10.5. The molecule has 1 heterocycles. The number of likely N-dealkylation sites (N-methyl/N-ethyl adjacent to an activating group) is 1. The van der Waals surface area contributed by atoms with Crippen LogP contribution in [0.3, 0.4) is 0 Å². The van der Waals surface area contributed by atoms with Crippen LogP contribution in [0, 0.1) is 0 Å². The molecule has 1 fully saturated rings. The van der Waals surface area contributed by atoms with Crippen LogP contribution >= 0.6 is 24.0 Å². The molecule has 138 valence electrons. The zero-order chi connectivity index (χ0) is 16.7. The Hall–Kier alpha value is -0.800. The molecule has 1 aromatic heterocycles. The Morgan fingerprint density at radius 1 is 1.42 bits per heavy atom. The van der Waals surface area contributed by atoms with Gasteiger partial charge in [-0.25, -0.2) is 4.99 Å². The molecule has 3 N–H and O–H groups in total. The third-order valence-electron chi connectivity index (χ3n) is 4.10. The number of hydrogen-bond acceptors (Lipinski definition) is 4. The van der Waals surface area contributed by atoms with Gasteiger partial charge in [-0.3, -0.25) is 4.90 Å². The molecule has 0 aliphatic heterocycles. The average Bonchev–Trinajstić information content (AvgIpc) is 3.21. The Bertz CT molecular complexity index is 487. The Kier molecular flexibility index (Phi) is 9.07. The average molecular weight is 450 g/mol. The van der Waals surface area contributed by atoms with E-state index in [2.05, 4.69) is 27.4 Å². The highest BCUT2D eigenvalue weighted by Gasteiger charge is 2.27. The second kappa shape index (κ2) is 10.2. The van der Waals surface area contributed by atoms with Crippen molar-refractivity contribution in [2.24, 2.45) is 4.99 Å². The first-order chi connectivity index (χ1) is 11.1. The van der Waals surface area contributed by atoms with Gasteiger partial charge in [0.25, 0.3) is 0 Å². The highest BCUT2D eigenvalue weighted by Crippen LogP contribution is 2.25. The fraction of sp³-hybridized carbons (Fsp3) is 0.706. The van der Waals surface area contributed by atoms with Gasteiger partial charge in [0.2, 0.25) is 0 Å². The topological polar surface area (TPSA) is 73.0 Å². The largest absolute Gasteiger partial charge is 0.466 e. The second-order valence-electron chi connectivity index (χ2n) is 6.23. The lowest BCUT2D eigenvalue weighted by Crippen LogP contribution is -2.42. The highest BCUT2D eigenvalue weighted by molar-refractivity contribution is 14.0. The van der Waals surface area contributed by atoms with Crippen molar-refractivity contribution in [3.05, 3.63) is 24.2 Å².